The van der Waals surface area contributed by atoms with Gasteiger partial charge < -0.3 is 9.47 Å². The van der Waals surface area contributed by atoms with Crippen molar-refractivity contribution in [2.24, 2.45) is 0 Å². The number of benzene rings is 2. The van der Waals surface area contributed by atoms with E-state index >= 15 is 0 Å². The molecule has 3 aromatic rings. The molecule has 4 nitrogen and oxygen atoms in total. The van der Waals surface area contributed by atoms with Crippen LogP contribution in [0.2, 0.25) is 0 Å². The predicted octanol–water partition coefficient (Wildman–Crippen LogP) is 3.99. The van der Waals surface area contributed by atoms with Gasteiger partial charge in [-0.3, -0.25) is 4.79 Å². The van der Waals surface area contributed by atoms with E-state index in [1.54, 1.807) is 30.4 Å². The lowest BCUT2D eigenvalue weighted by Crippen LogP contribution is -2.27. The van der Waals surface area contributed by atoms with Crippen molar-refractivity contribution in [2.45, 2.75) is 19.5 Å². The highest BCUT2D eigenvalue weighted by molar-refractivity contribution is 9.10. The van der Waals surface area contributed by atoms with Crippen LogP contribution in [0.25, 0.3) is 11.0 Å². The molecule has 0 radical (unpaired) electrons. The first-order valence-corrected chi connectivity index (χ1v) is 8.41. The minimum atomic E-state index is -0.307. The second-order valence-corrected chi connectivity index (χ2v) is 6.58. The fourth-order valence-electron chi connectivity index (χ4n) is 2.60. The lowest BCUT2D eigenvalue weighted by molar-refractivity contribution is -0.130. The van der Waals surface area contributed by atoms with Gasteiger partial charge in [0.1, 0.15) is 5.82 Å². The van der Waals surface area contributed by atoms with Gasteiger partial charge in [-0.25, -0.2) is 9.37 Å². The summed E-state index contributed by atoms with van der Waals surface area (Å²) in [5, 5.41) is 0. The molecule has 0 N–H and O–H groups in total. The van der Waals surface area contributed by atoms with Crippen molar-refractivity contribution >= 4 is 32.9 Å². The smallest absolute Gasteiger partial charge is 0.224 e. The lowest BCUT2D eigenvalue weighted by atomic mass is 10.2. The van der Waals surface area contributed by atoms with Crippen LogP contribution in [0.5, 0.6) is 0 Å². The molecule has 0 bridgehead atoms. The number of imidazole rings is 1. The molecule has 0 atom stereocenters. The molecule has 0 spiro atoms. The van der Waals surface area contributed by atoms with Gasteiger partial charge >= 0.3 is 0 Å². The van der Waals surface area contributed by atoms with Crippen molar-refractivity contribution < 1.29 is 9.18 Å². The highest BCUT2D eigenvalue weighted by Crippen LogP contribution is 2.17. The van der Waals surface area contributed by atoms with E-state index < -0.39 is 0 Å². The second-order valence-electron chi connectivity index (χ2n) is 5.66. The van der Waals surface area contributed by atoms with E-state index in [9.17, 15) is 9.18 Å². The first-order chi connectivity index (χ1) is 11.5. The number of nitrogens with zero attached hydrogens (tertiary/aromatic N) is 3. The Balaban J connectivity index is 1.63. The van der Waals surface area contributed by atoms with Crippen LogP contribution < -0.4 is 0 Å². The maximum atomic E-state index is 13.8. The first-order valence-electron chi connectivity index (χ1n) is 7.62. The third-order valence-electron chi connectivity index (χ3n) is 3.93. The average molecular weight is 390 g/mol. The summed E-state index contributed by atoms with van der Waals surface area (Å²) in [5.74, 6) is -0.342. The minimum Gasteiger partial charge on any atom is -0.341 e. The zero-order valence-corrected chi connectivity index (χ0v) is 14.8. The van der Waals surface area contributed by atoms with Gasteiger partial charge in [-0.15, -0.1) is 0 Å². The van der Waals surface area contributed by atoms with E-state index in [2.05, 4.69) is 20.9 Å². The van der Waals surface area contributed by atoms with Crippen LogP contribution in [0.4, 0.5) is 4.39 Å². The summed E-state index contributed by atoms with van der Waals surface area (Å²) in [6, 6.07) is 12.5. The lowest BCUT2D eigenvalue weighted by Gasteiger charge is -2.18. The molecule has 0 saturated carbocycles. The summed E-state index contributed by atoms with van der Waals surface area (Å²) >= 11 is 3.32. The molecule has 1 heterocycles. The number of hydrogen-bond donors (Lipinski definition) is 0. The third-order valence-corrected chi connectivity index (χ3v) is 4.43. The minimum absolute atomic E-state index is 0.0350. The molecule has 124 valence electrons. The number of para-hydroxylation sites is 2. The van der Waals surface area contributed by atoms with E-state index in [-0.39, 0.29) is 18.3 Å². The molecule has 0 aliphatic carbocycles. The fourth-order valence-corrected chi connectivity index (χ4v) is 3.01. The van der Waals surface area contributed by atoms with Crippen LogP contribution in [0.15, 0.2) is 53.3 Å². The molecule has 0 aliphatic rings. The summed E-state index contributed by atoms with van der Waals surface area (Å²) in [6.07, 6.45) is 2.08. The van der Waals surface area contributed by atoms with Crippen LogP contribution in [0.1, 0.15) is 12.0 Å². The Morgan fingerprint density at radius 3 is 2.92 bits per heavy atom. The average Bonchev–Trinajstić information content (AvgIpc) is 2.99. The van der Waals surface area contributed by atoms with Gasteiger partial charge in [0, 0.05) is 36.6 Å². The van der Waals surface area contributed by atoms with E-state index in [4.69, 9.17) is 0 Å². The zero-order chi connectivity index (χ0) is 17.1. The van der Waals surface area contributed by atoms with Crippen molar-refractivity contribution in [1.82, 2.24) is 14.5 Å². The maximum Gasteiger partial charge on any atom is 0.224 e. The number of aromatic nitrogens is 2. The topological polar surface area (TPSA) is 38.1 Å². The van der Waals surface area contributed by atoms with Crippen LogP contribution in [0.3, 0.4) is 0 Å². The van der Waals surface area contributed by atoms with Crippen molar-refractivity contribution in [1.29, 1.82) is 0 Å². The van der Waals surface area contributed by atoms with Crippen molar-refractivity contribution in [2.75, 3.05) is 7.05 Å². The Morgan fingerprint density at radius 1 is 1.29 bits per heavy atom. The van der Waals surface area contributed by atoms with E-state index in [0.717, 1.165) is 15.5 Å². The van der Waals surface area contributed by atoms with Crippen molar-refractivity contribution in [3.05, 3.63) is 64.6 Å². The number of amides is 1. The van der Waals surface area contributed by atoms with Crippen LogP contribution in [-0.4, -0.2) is 27.4 Å². The molecule has 1 amide bonds. The first kappa shape index (κ1) is 16.6. The maximum absolute atomic E-state index is 13.8. The summed E-state index contributed by atoms with van der Waals surface area (Å²) in [5.41, 5.74) is 2.41. The van der Waals surface area contributed by atoms with Gasteiger partial charge in [0.05, 0.1) is 17.4 Å². The van der Waals surface area contributed by atoms with Gasteiger partial charge in [0.15, 0.2) is 0 Å². The van der Waals surface area contributed by atoms with Crippen molar-refractivity contribution in [3.8, 4) is 0 Å². The quantitative estimate of drug-likeness (QED) is 0.661. The number of fused-ring (bicyclic) bond motifs is 1. The summed E-state index contributed by atoms with van der Waals surface area (Å²) in [4.78, 5) is 18.2. The van der Waals surface area contributed by atoms with Gasteiger partial charge in [-0.1, -0.05) is 28.1 Å². The molecule has 3 rings (SSSR count). The van der Waals surface area contributed by atoms with Crippen LogP contribution >= 0.6 is 15.9 Å². The van der Waals surface area contributed by atoms with Crippen LogP contribution in [-0.2, 0) is 17.9 Å². The number of halogens is 2. The second kappa shape index (κ2) is 7.13. The Hall–Kier alpha value is -2.21. The van der Waals surface area contributed by atoms with E-state index in [0.29, 0.717) is 18.5 Å². The normalized spacial score (nSPS) is 11.0. The molecule has 1 aromatic heterocycles. The predicted molar refractivity (Wildman–Crippen MR) is 94.9 cm³/mol. The third kappa shape index (κ3) is 3.64. The molecule has 0 unspecified atom stereocenters. The molecule has 0 aliphatic heterocycles. The largest absolute Gasteiger partial charge is 0.341 e. The number of aryl methyl sites for hydroxylation is 1. The van der Waals surface area contributed by atoms with Crippen molar-refractivity contribution in [3.63, 3.8) is 0 Å². The van der Waals surface area contributed by atoms with Gasteiger partial charge in [0.25, 0.3) is 0 Å². The van der Waals surface area contributed by atoms with Gasteiger partial charge in [-0.05, 0) is 30.3 Å². The Kier molecular flexibility index (Phi) is 4.94. The number of carbonyl (C=O) groups excluding carboxylic acids is 1. The molecule has 6 heteroatoms. The standard InChI is InChI=1S/C18H17BrFN3O/c1-22(11-13-10-14(19)6-7-15(13)20)18(24)8-9-23-12-21-16-4-2-3-5-17(16)23/h2-7,10,12H,8-9,11H2,1H3. The zero-order valence-electron chi connectivity index (χ0n) is 13.2. The van der Waals surface area contributed by atoms with E-state index in [1.807, 2.05) is 28.8 Å². The molecular formula is C18H17BrFN3O. The molecule has 24 heavy (non-hydrogen) atoms. The molecular weight excluding hydrogens is 373 g/mol. The highest BCUT2D eigenvalue weighted by Gasteiger charge is 2.13. The Labute approximate surface area is 148 Å². The number of hydrogen-bond acceptors (Lipinski definition) is 2. The fraction of sp³-hybridized carbons (Fsp3) is 0.222. The Bertz CT molecular complexity index is 878. The summed E-state index contributed by atoms with van der Waals surface area (Å²) in [6.45, 7) is 0.791. The summed E-state index contributed by atoms with van der Waals surface area (Å²) < 4.78 is 16.6. The summed E-state index contributed by atoms with van der Waals surface area (Å²) in [7, 11) is 1.69. The highest BCUT2D eigenvalue weighted by atomic mass is 79.9. The van der Waals surface area contributed by atoms with Crippen LogP contribution in [0, 0.1) is 5.82 Å². The number of carbonyl (C=O) groups is 1. The molecule has 0 fully saturated rings. The molecule has 2 aromatic carbocycles. The van der Waals surface area contributed by atoms with Gasteiger partial charge in [-0.2, -0.15) is 0 Å². The monoisotopic (exact) mass is 389 g/mol. The Morgan fingerprint density at radius 2 is 2.08 bits per heavy atom. The van der Waals surface area contributed by atoms with E-state index in [1.165, 1.54) is 6.07 Å². The SMILES string of the molecule is CN(Cc1cc(Br)ccc1F)C(=O)CCn1cnc2ccccc21. The molecule has 0 saturated heterocycles. The van der Waals surface area contributed by atoms with Gasteiger partial charge in [0.2, 0.25) is 5.91 Å². The number of rotatable bonds is 5.